The number of carbonyl (C=O) groups excluding carboxylic acids is 1. The Bertz CT molecular complexity index is 1040. The van der Waals surface area contributed by atoms with Gasteiger partial charge in [0, 0.05) is 52.3 Å². The molecule has 0 radical (unpaired) electrons. The number of nitrogens with one attached hydrogen (secondary N) is 1. The van der Waals surface area contributed by atoms with E-state index in [9.17, 15) is 13.2 Å². The lowest BCUT2D eigenvalue weighted by atomic mass is 10.3. The molecule has 0 atom stereocenters. The number of aromatic nitrogens is 3. The molecule has 0 bridgehead atoms. The molecule has 0 unspecified atom stereocenters. The first-order valence-electron chi connectivity index (χ1n) is 10.00. The van der Waals surface area contributed by atoms with Crippen molar-refractivity contribution in [3.63, 3.8) is 0 Å². The van der Waals surface area contributed by atoms with Crippen LogP contribution in [0.25, 0.3) is 0 Å². The molecular formula is C18H25N7O4S2. The number of thiazole rings is 1. The standard InChI is InChI=1S/C18H25N7O4S2/c1-13-20-15(11-16(21-13)24-7-9-29-10-8-24)23-3-5-25(6-4-23)31(27,28)17-12-19-18(30-17)22-14(2)26/h11-12H,3-10H2,1-2H3,(H,19,22,26). The summed E-state index contributed by atoms with van der Waals surface area (Å²) >= 11 is 0.956. The SMILES string of the molecule is CC(=O)Nc1ncc(S(=O)(=O)N2CCN(c3cc(N4CCOCC4)nc(C)n3)CC2)s1. The summed E-state index contributed by atoms with van der Waals surface area (Å²) in [5.74, 6) is 2.07. The van der Waals surface area contributed by atoms with E-state index in [1.54, 1.807) is 0 Å². The van der Waals surface area contributed by atoms with Gasteiger partial charge in [0.15, 0.2) is 9.34 Å². The lowest BCUT2D eigenvalue weighted by molar-refractivity contribution is -0.114. The number of sulfonamides is 1. The molecule has 0 spiro atoms. The van der Waals surface area contributed by atoms with E-state index in [2.05, 4.69) is 30.1 Å². The third kappa shape index (κ3) is 4.95. The van der Waals surface area contributed by atoms with Crippen molar-refractivity contribution in [1.29, 1.82) is 0 Å². The van der Waals surface area contributed by atoms with Gasteiger partial charge in [-0.15, -0.1) is 0 Å². The molecule has 0 aromatic carbocycles. The van der Waals surface area contributed by atoms with Gasteiger partial charge >= 0.3 is 0 Å². The highest BCUT2D eigenvalue weighted by Crippen LogP contribution is 2.28. The molecule has 0 saturated carbocycles. The van der Waals surface area contributed by atoms with Gasteiger partial charge in [-0.2, -0.15) is 4.31 Å². The van der Waals surface area contributed by atoms with Gasteiger partial charge in [-0.05, 0) is 6.92 Å². The summed E-state index contributed by atoms with van der Waals surface area (Å²) in [4.78, 5) is 28.5. The van der Waals surface area contributed by atoms with Crippen LogP contribution in [0.4, 0.5) is 16.8 Å². The van der Waals surface area contributed by atoms with Crippen molar-refractivity contribution in [3.05, 3.63) is 18.1 Å². The van der Waals surface area contributed by atoms with Crippen molar-refractivity contribution in [2.24, 2.45) is 0 Å². The fourth-order valence-corrected chi connectivity index (χ4v) is 6.18. The number of anilines is 3. The van der Waals surface area contributed by atoms with Crippen molar-refractivity contribution >= 4 is 44.0 Å². The summed E-state index contributed by atoms with van der Waals surface area (Å²) in [6.45, 7) is 7.88. The second-order valence-electron chi connectivity index (χ2n) is 7.29. The fourth-order valence-electron chi connectivity index (χ4n) is 3.52. The minimum absolute atomic E-state index is 0.122. The van der Waals surface area contributed by atoms with E-state index in [4.69, 9.17) is 4.74 Å². The van der Waals surface area contributed by atoms with Gasteiger partial charge < -0.3 is 19.9 Å². The van der Waals surface area contributed by atoms with E-state index in [1.807, 2.05) is 13.0 Å². The first-order valence-corrected chi connectivity index (χ1v) is 12.3. The topological polar surface area (TPSA) is 121 Å². The lowest BCUT2D eigenvalue weighted by Crippen LogP contribution is -2.49. The first kappa shape index (κ1) is 21.9. The number of ether oxygens (including phenoxy) is 1. The molecule has 31 heavy (non-hydrogen) atoms. The van der Waals surface area contributed by atoms with Crippen molar-refractivity contribution in [2.75, 3.05) is 67.6 Å². The highest BCUT2D eigenvalue weighted by Gasteiger charge is 2.31. The van der Waals surface area contributed by atoms with E-state index in [0.717, 1.165) is 36.1 Å². The van der Waals surface area contributed by atoms with Crippen LogP contribution in [-0.2, 0) is 19.6 Å². The summed E-state index contributed by atoms with van der Waals surface area (Å²) < 4.78 is 32.9. The van der Waals surface area contributed by atoms with Crippen LogP contribution in [0, 0.1) is 6.92 Å². The quantitative estimate of drug-likeness (QED) is 0.672. The van der Waals surface area contributed by atoms with E-state index in [-0.39, 0.29) is 15.2 Å². The third-order valence-electron chi connectivity index (χ3n) is 5.07. The van der Waals surface area contributed by atoms with E-state index in [1.165, 1.54) is 17.4 Å². The van der Waals surface area contributed by atoms with E-state index in [0.29, 0.717) is 45.2 Å². The molecule has 2 aromatic heterocycles. The summed E-state index contributed by atoms with van der Waals surface area (Å²) in [5, 5.41) is 2.79. The molecule has 0 aliphatic carbocycles. The number of carbonyl (C=O) groups is 1. The summed E-state index contributed by atoms with van der Waals surface area (Å²) in [5.41, 5.74) is 0. The van der Waals surface area contributed by atoms with Crippen LogP contribution in [0.3, 0.4) is 0 Å². The van der Waals surface area contributed by atoms with E-state index < -0.39 is 10.0 Å². The molecule has 4 rings (SSSR count). The molecule has 2 saturated heterocycles. The molecule has 2 aromatic rings. The van der Waals surface area contributed by atoms with Crippen molar-refractivity contribution in [3.8, 4) is 0 Å². The average molecular weight is 468 g/mol. The first-order chi connectivity index (χ1) is 14.8. The van der Waals surface area contributed by atoms with Gasteiger partial charge in [0.25, 0.3) is 10.0 Å². The summed E-state index contributed by atoms with van der Waals surface area (Å²) in [6, 6.07) is 1.96. The molecule has 13 heteroatoms. The smallest absolute Gasteiger partial charge is 0.254 e. The van der Waals surface area contributed by atoms with Crippen LogP contribution in [0.5, 0.6) is 0 Å². The number of morpholine rings is 1. The Morgan fingerprint density at radius 3 is 2.29 bits per heavy atom. The molecule has 1 N–H and O–H groups in total. The largest absolute Gasteiger partial charge is 0.378 e. The zero-order chi connectivity index (χ0) is 22.0. The zero-order valence-electron chi connectivity index (χ0n) is 17.4. The number of rotatable bonds is 5. The molecule has 1 amide bonds. The van der Waals surface area contributed by atoms with Gasteiger partial charge in [-0.3, -0.25) is 4.79 Å². The summed E-state index contributed by atoms with van der Waals surface area (Å²) in [6.07, 6.45) is 1.29. The average Bonchev–Trinajstić information content (AvgIpc) is 3.23. The minimum atomic E-state index is -3.66. The highest BCUT2D eigenvalue weighted by molar-refractivity contribution is 7.91. The minimum Gasteiger partial charge on any atom is -0.378 e. The Morgan fingerprint density at radius 2 is 1.68 bits per heavy atom. The Hall–Kier alpha value is -2.35. The van der Waals surface area contributed by atoms with E-state index >= 15 is 0 Å². The van der Waals surface area contributed by atoms with Gasteiger partial charge in [-0.25, -0.2) is 23.4 Å². The van der Waals surface area contributed by atoms with Gasteiger partial charge in [-0.1, -0.05) is 11.3 Å². The van der Waals surface area contributed by atoms with Crippen LogP contribution in [-0.4, -0.2) is 86.1 Å². The third-order valence-corrected chi connectivity index (χ3v) is 8.32. The Labute approximate surface area is 185 Å². The summed E-state index contributed by atoms with van der Waals surface area (Å²) in [7, 11) is -3.66. The molecule has 2 aliphatic heterocycles. The maximum atomic E-state index is 13.0. The Morgan fingerprint density at radius 1 is 1.06 bits per heavy atom. The molecule has 4 heterocycles. The predicted molar refractivity (Wildman–Crippen MR) is 117 cm³/mol. The van der Waals surface area contributed by atoms with Crippen molar-refractivity contribution < 1.29 is 17.9 Å². The predicted octanol–water partition coefficient (Wildman–Crippen LogP) is 0.547. The lowest BCUT2D eigenvalue weighted by Gasteiger charge is -2.35. The number of nitrogens with zero attached hydrogens (tertiary/aromatic N) is 6. The Balaban J connectivity index is 1.44. The molecule has 168 valence electrons. The maximum Gasteiger partial charge on any atom is 0.254 e. The van der Waals surface area contributed by atoms with Crippen molar-refractivity contribution in [1.82, 2.24) is 19.3 Å². The fraction of sp³-hybridized carbons (Fsp3) is 0.556. The van der Waals surface area contributed by atoms with Gasteiger partial charge in [0.2, 0.25) is 5.91 Å². The molecule has 11 nitrogen and oxygen atoms in total. The Kier molecular flexibility index (Phi) is 6.36. The van der Waals surface area contributed by atoms with Gasteiger partial charge in [0.1, 0.15) is 17.5 Å². The molecule has 2 aliphatic rings. The van der Waals surface area contributed by atoms with Crippen LogP contribution < -0.4 is 15.1 Å². The second-order valence-corrected chi connectivity index (χ2v) is 10.5. The van der Waals surface area contributed by atoms with Crippen LogP contribution in [0.2, 0.25) is 0 Å². The highest BCUT2D eigenvalue weighted by atomic mass is 32.2. The number of hydrogen-bond acceptors (Lipinski definition) is 10. The van der Waals surface area contributed by atoms with Crippen LogP contribution >= 0.6 is 11.3 Å². The number of aryl methyl sites for hydroxylation is 1. The number of hydrogen-bond donors (Lipinski definition) is 1. The maximum absolute atomic E-state index is 13.0. The monoisotopic (exact) mass is 467 g/mol. The van der Waals surface area contributed by atoms with Crippen LogP contribution in [0.1, 0.15) is 12.7 Å². The molecule has 2 fully saturated rings. The van der Waals surface area contributed by atoms with Crippen LogP contribution in [0.15, 0.2) is 16.5 Å². The van der Waals surface area contributed by atoms with Gasteiger partial charge in [0.05, 0.1) is 19.4 Å². The zero-order valence-corrected chi connectivity index (χ0v) is 19.1. The normalized spacial score (nSPS) is 18.3. The number of amides is 1. The van der Waals surface area contributed by atoms with Crippen molar-refractivity contribution in [2.45, 2.75) is 18.1 Å². The number of piperazine rings is 1. The molecular weight excluding hydrogens is 442 g/mol. The second kappa shape index (κ2) is 9.02.